The van der Waals surface area contributed by atoms with Crippen molar-refractivity contribution in [2.24, 2.45) is 0 Å². The molecule has 0 unspecified atom stereocenters. The van der Waals surface area contributed by atoms with E-state index in [9.17, 15) is 4.79 Å². The zero-order chi connectivity index (χ0) is 26.1. The minimum Gasteiger partial charge on any atom is -0.457 e. The molecule has 2 N–H and O–H groups in total. The first kappa shape index (κ1) is 23.3. The fourth-order valence-corrected chi connectivity index (χ4v) is 4.88. The van der Waals surface area contributed by atoms with Gasteiger partial charge in [0.1, 0.15) is 34.8 Å². The highest BCUT2D eigenvalue weighted by atomic mass is 32.1. The van der Waals surface area contributed by atoms with E-state index in [2.05, 4.69) is 42.2 Å². The predicted octanol–water partition coefficient (Wildman–Crippen LogP) is 5.76. The molecule has 0 radical (unpaired) electrons. The standard InChI is InChI=1S/C27H20N8O2S/c1-3-25(36)33-19-9-17(12-28-13-19)23-11-21-26(30-14-31-27(21)38-23)34-18-4-5-22(16(2)8-18)37-20-6-7-35-24(10-20)29-15-32-35/h3-15H,1H2,2H3,(H,33,36)(H,30,31,34). The number of fused-ring (bicyclic) bond motifs is 2. The summed E-state index contributed by atoms with van der Waals surface area (Å²) in [5.41, 5.74) is 3.99. The van der Waals surface area contributed by atoms with E-state index in [1.165, 1.54) is 30.1 Å². The first-order chi connectivity index (χ1) is 18.6. The molecular weight excluding hydrogens is 500 g/mol. The van der Waals surface area contributed by atoms with Crippen molar-refractivity contribution >= 4 is 50.3 Å². The number of hydrogen-bond acceptors (Lipinski definition) is 9. The Bertz CT molecular complexity index is 1830. The van der Waals surface area contributed by atoms with Crippen molar-refractivity contribution in [2.45, 2.75) is 6.92 Å². The zero-order valence-corrected chi connectivity index (χ0v) is 20.9. The largest absolute Gasteiger partial charge is 0.457 e. The van der Waals surface area contributed by atoms with Gasteiger partial charge in [0, 0.05) is 34.6 Å². The molecule has 1 amide bonds. The van der Waals surface area contributed by atoms with Gasteiger partial charge in [-0.25, -0.2) is 19.5 Å². The number of nitrogens with one attached hydrogen (secondary N) is 2. The van der Waals surface area contributed by atoms with Gasteiger partial charge >= 0.3 is 0 Å². The van der Waals surface area contributed by atoms with E-state index in [1.54, 1.807) is 16.9 Å². The van der Waals surface area contributed by atoms with E-state index < -0.39 is 0 Å². The molecule has 10 nitrogen and oxygen atoms in total. The maximum absolute atomic E-state index is 11.7. The van der Waals surface area contributed by atoms with Gasteiger partial charge in [-0.2, -0.15) is 5.10 Å². The highest BCUT2D eigenvalue weighted by molar-refractivity contribution is 7.21. The van der Waals surface area contributed by atoms with Crippen molar-refractivity contribution in [3.05, 3.63) is 91.9 Å². The van der Waals surface area contributed by atoms with Gasteiger partial charge in [0.25, 0.3) is 0 Å². The van der Waals surface area contributed by atoms with Gasteiger partial charge in [-0.3, -0.25) is 9.78 Å². The van der Waals surface area contributed by atoms with Gasteiger partial charge in [-0.15, -0.1) is 11.3 Å². The van der Waals surface area contributed by atoms with Crippen LogP contribution < -0.4 is 15.4 Å². The predicted molar refractivity (Wildman–Crippen MR) is 147 cm³/mol. The lowest BCUT2D eigenvalue weighted by Gasteiger charge is -2.12. The lowest BCUT2D eigenvalue weighted by molar-refractivity contribution is -0.111. The number of ether oxygens (including phenoxy) is 1. The van der Waals surface area contributed by atoms with Crippen molar-refractivity contribution in [3.63, 3.8) is 0 Å². The number of rotatable bonds is 7. The summed E-state index contributed by atoms with van der Waals surface area (Å²) in [6.07, 6.45) is 9.41. The van der Waals surface area contributed by atoms with Crippen LogP contribution in [-0.4, -0.2) is 35.5 Å². The number of aromatic nitrogens is 6. The highest BCUT2D eigenvalue weighted by Gasteiger charge is 2.13. The van der Waals surface area contributed by atoms with Crippen LogP contribution in [0.15, 0.2) is 86.4 Å². The molecule has 0 fully saturated rings. The smallest absolute Gasteiger partial charge is 0.247 e. The third kappa shape index (κ3) is 4.65. The number of nitrogens with zero attached hydrogens (tertiary/aromatic N) is 6. The van der Waals surface area contributed by atoms with Crippen LogP contribution in [0.2, 0.25) is 0 Å². The van der Waals surface area contributed by atoms with E-state index in [4.69, 9.17) is 4.74 Å². The summed E-state index contributed by atoms with van der Waals surface area (Å²) in [5.74, 6) is 1.81. The molecule has 11 heteroatoms. The van der Waals surface area contributed by atoms with Gasteiger partial charge < -0.3 is 15.4 Å². The highest BCUT2D eigenvalue weighted by Crippen LogP contribution is 2.37. The number of amides is 1. The van der Waals surface area contributed by atoms with E-state index in [0.29, 0.717) is 22.9 Å². The number of anilines is 3. The minimum absolute atomic E-state index is 0.291. The number of pyridine rings is 2. The molecule has 0 aliphatic heterocycles. The van der Waals surface area contributed by atoms with Crippen LogP contribution in [0.4, 0.5) is 17.2 Å². The van der Waals surface area contributed by atoms with Crippen LogP contribution in [0, 0.1) is 6.92 Å². The maximum atomic E-state index is 11.7. The average molecular weight is 521 g/mol. The van der Waals surface area contributed by atoms with Crippen molar-refractivity contribution in [1.82, 2.24) is 29.5 Å². The number of carbonyl (C=O) groups excluding carboxylic acids is 1. The van der Waals surface area contributed by atoms with Gasteiger partial charge in [-0.1, -0.05) is 6.58 Å². The monoisotopic (exact) mass is 520 g/mol. The van der Waals surface area contributed by atoms with E-state index in [1.807, 2.05) is 55.6 Å². The molecule has 186 valence electrons. The molecule has 5 heterocycles. The fraction of sp³-hybridized carbons (Fsp3) is 0.0370. The lowest BCUT2D eigenvalue weighted by atomic mass is 10.2. The van der Waals surface area contributed by atoms with Crippen LogP contribution in [0.25, 0.3) is 26.3 Å². The van der Waals surface area contributed by atoms with Crippen molar-refractivity contribution in [2.75, 3.05) is 10.6 Å². The summed E-state index contributed by atoms with van der Waals surface area (Å²) < 4.78 is 7.76. The summed E-state index contributed by atoms with van der Waals surface area (Å²) in [6.45, 7) is 5.47. The van der Waals surface area contributed by atoms with Crippen LogP contribution in [-0.2, 0) is 4.79 Å². The van der Waals surface area contributed by atoms with E-state index >= 15 is 0 Å². The van der Waals surface area contributed by atoms with Gasteiger partial charge in [0.2, 0.25) is 5.91 Å². The Hall–Kier alpha value is -5.16. The number of carbonyl (C=O) groups is 1. The Kier molecular flexibility index (Phi) is 5.94. The second-order valence-electron chi connectivity index (χ2n) is 8.34. The molecule has 0 aliphatic carbocycles. The Morgan fingerprint density at radius 2 is 1.97 bits per heavy atom. The quantitative estimate of drug-likeness (QED) is 0.255. The Labute approximate surface area is 220 Å². The molecule has 6 rings (SSSR count). The normalized spacial score (nSPS) is 11.0. The number of benzene rings is 1. The van der Waals surface area contributed by atoms with Crippen molar-refractivity contribution in [1.29, 1.82) is 0 Å². The molecule has 0 spiro atoms. The number of thiophene rings is 1. The molecule has 1 aromatic carbocycles. The van der Waals surface area contributed by atoms with Gasteiger partial charge in [-0.05, 0) is 55.0 Å². The average Bonchev–Trinajstić information content (AvgIpc) is 3.58. The molecular formula is C27H20N8O2S. The first-order valence-electron chi connectivity index (χ1n) is 11.5. The zero-order valence-electron chi connectivity index (χ0n) is 20.1. The molecule has 0 saturated carbocycles. The second kappa shape index (κ2) is 9.71. The SMILES string of the molecule is C=CC(=O)Nc1cncc(-c2cc3c(Nc4ccc(Oc5ccn6ncnc6c5)c(C)c4)ncnc3s2)c1. The van der Waals surface area contributed by atoms with Crippen LogP contribution >= 0.6 is 11.3 Å². The third-order valence-corrected chi connectivity index (χ3v) is 6.81. The fourth-order valence-electron chi connectivity index (χ4n) is 3.90. The summed E-state index contributed by atoms with van der Waals surface area (Å²) in [4.78, 5) is 30.8. The van der Waals surface area contributed by atoms with E-state index in [-0.39, 0.29) is 5.91 Å². The number of aryl methyl sites for hydroxylation is 1. The molecule has 0 bridgehead atoms. The third-order valence-electron chi connectivity index (χ3n) is 5.72. The first-order valence-corrected chi connectivity index (χ1v) is 12.4. The Morgan fingerprint density at radius 1 is 1.05 bits per heavy atom. The molecule has 5 aromatic heterocycles. The summed E-state index contributed by atoms with van der Waals surface area (Å²) in [7, 11) is 0. The van der Waals surface area contributed by atoms with Crippen LogP contribution in [0.1, 0.15) is 5.56 Å². The van der Waals surface area contributed by atoms with Crippen molar-refractivity contribution in [3.8, 4) is 21.9 Å². The molecule has 0 atom stereocenters. The second-order valence-corrected chi connectivity index (χ2v) is 9.37. The summed E-state index contributed by atoms with van der Waals surface area (Å²) in [5, 5.41) is 11.1. The van der Waals surface area contributed by atoms with Gasteiger partial charge in [0.15, 0.2) is 5.65 Å². The lowest BCUT2D eigenvalue weighted by Crippen LogP contribution is -2.07. The molecule has 38 heavy (non-hydrogen) atoms. The maximum Gasteiger partial charge on any atom is 0.247 e. The Balaban J connectivity index is 1.24. The van der Waals surface area contributed by atoms with E-state index in [0.717, 1.165) is 37.7 Å². The molecule has 6 aromatic rings. The van der Waals surface area contributed by atoms with Gasteiger partial charge in [0.05, 0.1) is 17.3 Å². The van der Waals surface area contributed by atoms with Crippen LogP contribution in [0.5, 0.6) is 11.5 Å². The Morgan fingerprint density at radius 3 is 2.84 bits per heavy atom. The minimum atomic E-state index is -0.291. The van der Waals surface area contributed by atoms with Crippen molar-refractivity contribution < 1.29 is 9.53 Å². The number of hydrogen-bond donors (Lipinski definition) is 2. The molecule has 0 aliphatic rings. The topological polar surface area (TPSA) is 119 Å². The summed E-state index contributed by atoms with van der Waals surface area (Å²) in [6, 6.07) is 13.4. The summed E-state index contributed by atoms with van der Waals surface area (Å²) >= 11 is 1.52. The molecule has 0 saturated heterocycles. The van der Waals surface area contributed by atoms with Crippen LogP contribution in [0.3, 0.4) is 0 Å².